The van der Waals surface area contributed by atoms with Crippen LogP contribution in [0.4, 0.5) is 15.8 Å². The third kappa shape index (κ3) is 4.16. The summed E-state index contributed by atoms with van der Waals surface area (Å²) in [6.07, 6.45) is 3.68. The van der Waals surface area contributed by atoms with Crippen molar-refractivity contribution in [1.82, 2.24) is 4.90 Å². The van der Waals surface area contributed by atoms with E-state index in [1.54, 1.807) is 12.1 Å². The average Bonchev–Trinajstić information content (AvgIpc) is 3.09. The number of halogens is 2. The third-order valence-electron chi connectivity index (χ3n) is 6.36. The summed E-state index contributed by atoms with van der Waals surface area (Å²) in [5.74, 6) is 2.08. The molecule has 7 heteroatoms. The molecule has 1 saturated heterocycles. The highest BCUT2D eigenvalue weighted by Gasteiger charge is 2.36. The Morgan fingerprint density at radius 2 is 1.93 bits per heavy atom. The molecule has 3 aliphatic rings. The van der Waals surface area contributed by atoms with E-state index in [9.17, 15) is 4.39 Å². The van der Waals surface area contributed by atoms with Crippen molar-refractivity contribution in [2.45, 2.75) is 25.4 Å². The van der Waals surface area contributed by atoms with Crippen LogP contribution in [0.3, 0.4) is 0 Å². The summed E-state index contributed by atoms with van der Waals surface area (Å²) in [5.41, 5.74) is 2.23. The van der Waals surface area contributed by atoms with Gasteiger partial charge in [-0.2, -0.15) is 0 Å². The molecule has 0 aliphatic carbocycles. The minimum atomic E-state index is -0.231. The average molecular weight is 432 g/mol. The molecule has 1 N–H and O–H groups in total. The quantitative estimate of drug-likeness (QED) is 0.722. The van der Waals surface area contributed by atoms with E-state index in [2.05, 4.69) is 15.1 Å². The number of hydrogen-bond donors (Lipinski definition) is 1. The molecule has 5 nitrogen and oxygen atoms in total. The second-order valence-electron chi connectivity index (χ2n) is 8.34. The number of nitrogens with zero attached hydrogens (tertiary/aromatic N) is 2. The zero-order valence-corrected chi connectivity index (χ0v) is 17.7. The molecule has 1 atom stereocenters. The molecule has 1 fully saturated rings. The van der Waals surface area contributed by atoms with Crippen molar-refractivity contribution < 1.29 is 13.9 Å². The molecule has 3 aliphatic heterocycles. The standard InChI is InChI=1S/C23H27ClFN3O2/c24-17-13-20-23-21(14-17)30-12-10-28(23)22(26-20)15-27-8-5-16(6-9-27)7-11-29-19-3-1-18(25)2-4-19/h1-4,13-14,16,22,26H,5-12,15H2. The molecule has 3 heterocycles. The lowest BCUT2D eigenvalue weighted by Crippen LogP contribution is -2.49. The molecular formula is C23H27ClFN3O2. The maximum Gasteiger partial charge on any atom is 0.146 e. The summed E-state index contributed by atoms with van der Waals surface area (Å²) >= 11 is 6.25. The number of rotatable bonds is 6. The van der Waals surface area contributed by atoms with Crippen LogP contribution in [-0.4, -0.2) is 50.5 Å². The van der Waals surface area contributed by atoms with E-state index in [1.165, 1.54) is 25.0 Å². The van der Waals surface area contributed by atoms with Crippen molar-refractivity contribution in [1.29, 1.82) is 0 Å². The molecule has 0 amide bonds. The molecule has 0 saturated carbocycles. The molecule has 2 aromatic rings. The van der Waals surface area contributed by atoms with Crippen LogP contribution < -0.4 is 19.7 Å². The first kappa shape index (κ1) is 19.8. The second kappa shape index (κ2) is 8.52. The van der Waals surface area contributed by atoms with Gasteiger partial charge in [-0.15, -0.1) is 0 Å². The van der Waals surface area contributed by atoms with E-state index < -0.39 is 0 Å². The molecule has 0 aromatic heterocycles. The van der Waals surface area contributed by atoms with E-state index in [1.807, 2.05) is 12.1 Å². The normalized spacial score (nSPS) is 21.1. The molecule has 30 heavy (non-hydrogen) atoms. The summed E-state index contributed by atoms with van der Waals surface area (Å²) in [6, 6.07) is 10.2. The largest absolute Gasteiger partial charge is 0.494 e. The van der Waals surface area contributed by atoms with E-state index in [4.69, 9.17) is 21.1 Å². The summed E-state index contributed by atoms with van der Waals surface area (Å²) in [5, 5.41) is 4.36. The second-order valence-corrected chi connectivity index (χ2v) is 8.77. The Labute approximate surface area is 181 Å². The van der Waals surface area contributed by atoms with Crippen LogP contribution in [-0.2, 0) is 0 Å². The van der Waals surface area contributed by atoms with Crippen molar-refractivity contribution >= 4 is 23.0 Å². The molecular weight excluding hydrogens is 405 g/mol. The number of anilines is 2. The van der Waals surface area contributed by atoms with Gasteiger partial charge < -0.3 is 19.7 Å². The van der Waals surface area contributed by atoms with Gasteiger partial charge in [-0.3, -0.25) is 4.90 Å². The van der Waals surface area contributed by atoms with Crippen LogP contribution in [0.2, 0.25) is 5.02 Å². The molecule has 0 bridgehead atoms. The van der Waals surface area contributed by atoms with Crippen LogP contribution in [0, 0.1) is 11.7 Å². The lowest BCUT2D eigenvalue weighted by molar-refractivity contribution is 0.157. The molecule has 160 valence electrons. The van der Waals surface area contributed by atoms with Crippen molar-refractivity contribution in [3.05, 3.63) is 47.2 Å². The Kier molecular flexibility index (Phi) is 5.61. The van der Waals surface area contributed by atoms with E-state index in [-0.39, 0.29) is 12.0 Å². The highest BCUT2D eigenvalue weighted by atomic mass is 35.5. The van der Waals surface area contributed by atoms with Crippen molar-refractivity contribution in [2.24, 2.45) is 5.92 Å². The van der Waals surface area contributed by atoms with Gasteiger partial charge in [-0.1, -0.05) is 11.6 Å². The Morgan fingerprint density at radius 3 is 2.73 bits per heavy atom. The molecule has 1 unspecified atom stereocenters. The SMILES string of the molecule is Fc1ccc(OCCC2CCN(CC3Nc4cc(Cl)cc5c4N3CCO5)CC2)cc1. The molecule has 0 spiro atoms. The minimum absolute atomic E-state index is 0.231. The van der Waals surface area contributed by atoms with E-state index in [0.29, 0.717) is 24.2 Å². The predicted octanol–water partition coefficient (Wildman–Crippen LogP) is 4.61. The zero-order chi connectivity index (χ0) is 20.5. The van der Waals surface area contributed by atoms with Crippen LogP contribution in [0.25, 0.3) is 0 Å². The van der Waals surface area contributed by atoms with Crippen molar-refractivity contribution in [3.63, 3.8) is 0 Å². The van der Waals surface area contributed by atoms with E-state index >= 15 is 0 Å². The van der Waals surface area contributed by atoms with Gasteiger partial charge in [0, 0.05) is 17.6 Å². The lowest BCUT2D eigenvalue weighted by atomic mass is 9.94. The van der Waals surface area contributed by atoms with Crippen LogP contribution >= 0.6 is 11.6 Å². The van der Waals surface area contributed by atoms with Gasteiger partial charge in [0.15, 0.2) is 0 Å². The first-order chi connectivity index (χ1) is 14.7. The maximum absolute atomic E-state index is 13.0. The van der Waals surface area contributed by atoms with Gasteiger partial charge in [-0.25, -0.2) is 4.39 Å². The number of ether oxygens (including phenoxy) is 2. The molecule has 2 aromatic carbocycles. The summed E-state index contributed by atoms with van der Waals surface area (Å²) in [6.45, 7) is 5.48. The summed E-state index contributed by atoms with van der Waals surface area (Å²) in [4.78, 5) is 4.98. The van der Waals surface area contributed by atoms with Crippen molar-refractivity contribution in [2.75, 3.05) is 49.6 Å². The smallest absolute Gasteiger partial charge is 0.146 e. The Balaban J connectivity index is 1.09. The minimum Gasteiger partial charge on any atom is -0.494 e. The van der Waals surface area contributed by atoms with Gasteiger partial charge in [0.05, 0.1) is 18.8 Å². The van der Waals surface area contributed by atoms with Gasteiger partial charge in [0.1, 0.15) is 35.8 Å². The number of nitrogens with one attached hydrogen (secondary N) is 1. The summed E-state index contributed by atoms with van der Waals surface area (Å²) < 4.78 is 24.6. The Bertz CT molecular complexity index is 887. The van der Waals surface area contributed by atoms with Crippen LogP contribution in [0.1, 0.15) is 19.3 Å². The van der Waals surface area contributed by atoms with Gasteiger partial charge in [-0.05, 0) is 68.6 Å². The van der Waals surface area contributed by atoms with Gasteiger partial charge in [0.25, 0.3) is 0 Å². The number of hydrogen-bond acceptors (Lipinski definition) is 5. The highest BCUT2D eigenvalue weighted by Crippen LogP contribution is 2.46. The third-order valence-corrected chi connectivity index (χ3v) is 6.58. The zero-order valence-electron chi connectivity index (χ0n) is 16.9. The Hall–Kier alpha value is -2.18. The first-order valence-corrected chi connectivity index (χ1v) is 11.1. The lowest BCUT2D eigenvalue weighted by Gasteiger charge is -2.37. The predicted molar refractivity (Wildman–Crippen MR) is 117 cm³/mol. The monoisotopic (exact) mass is 431 g/mol. The highest BCUT2D eigenvalue weighted by molar-refractivity contribution is 6.31. The van der Waals surface area contributed by atoms with Gasteiger partial charge >= 0.3 is 0 Å². The number of piperidine rings is 1. The fourth-order valence-corrected chi connectivity index (χ4v) is 4.95. The van der Waals surface area contributed by atoms with Gasteiger partial charge in [0.2, 0.25) is 0 Å². The maximum atomic E-state index is 13.0. The van der Waals surface area contributed by atoms with E-state index in [0.717, 1.165) is 55.5 Å². The van der Waals surface area contributed by atoms with Crippen molar-refractivity contribution in [3.8, 4) is 11.5 Å². The topological polar surface area (TPSA) is 37.0 Å². The van der Waals surface area contributed by atoms with Crippen LogP contribution in [0.5, 0.6) is 11.5 Å². The first-order valence-electron chi connectivity index (χ1n) is 10.8. The molecule has 0 radical (unpaired) electrons. The van der Waals surface area contributed by atoms with Crippen LogP contribution in [0.15, 0.2) is 36.4 Å². The molecule has 5 rings (SSSR count). The summed E-state index contributed by atoms with van der Waals surface area (Å²) in [7, 11) is 0. The number of benzene rings is 2. The Morgan fingerprint density at radius 1 is 1.13 bits per heavy atom. The fourth-order valence-electron chi connectivity index (χ4n) is 4.75. The number of likely N-dealkylation sites (tertiary alicyclic amines) is 1. The fraction of sp³-hybridized carbons (Fsp3) is 0.478.